The van der Waals surface area contributed by atoms with Crippen LogP contribution in [0.25, 0.3) is 5.76 Å². The number of pyridine rings is 1. The molecule has 4 rings (SSSR count). The predicted molar refractivity (Wildman–Crippen MR) is 133 cm³/mol. The van der Waals surface area contributed by atoms with Gasteiger partial charge in [0.1, 0.15) is 17.2 Å². The molecule has 1 saturated heterocycles. The molecule has 1 aromatic carbocycles. The van der Waals surface area contributed by atoms with E-state index in [0.717, 1.165) is 16.2 Å². The number of aryl methyl sites for hydroxylation is 1. The summed E-state index contributed by atoms with van der Waals surface area (Å²) >= 11 is 13.2. The lowest BCUT2D eigenvalue weighted by Crippen LogP contribution is -2.29. The maximum absolute atomic E-state index is 13.2. The average Bonchev–Trinajstić information content (AvgIpc) is 3.36. The van der Waals surface area contributed by atoms with Crippen LogP contribution >= 0.6 is 34.5 Å². The van der Waals surface area contributed by atoms with Gasteiger partial charge in [-0.25, -0.2) is 9.78 Å². The highest BCUT2D eigenvalue weighted by Crippen LogP contribution is 2.44. The summed E-state index contributed by atoms with van der Waals surface area (Å²) in [6, 6.07) is 6.56. The number of hydrogen-bond donors (Lipinski definition) is 1. The van der Waals surface area contributed by atoms with E-state index >= 15 is 0 Å². The third-order valence-electron chi connectivity index (χ3n) is 5.17. The second kappa shape index (κ2) is 9.99. The molecular formula is C24H17Cl2N3O5S. The predicted octanol–water partition coefficient (Wildman–Crippen LogP) is 5.12. The van der Waals surface area contributed by atoms with Crippen LogP contribution < -0.4 is 4.90 Å². The van der Waals surface area contributed by atoms with Crippen molar-refractivity contribution < 1.29 is 24.2 Å². The van der Waals surface area contributed by atoms with Crippen LogP contribution in [-0.4, -0.2) is 39.3 Å². The van der Waals surface area contributed by atoms with Crippen LogP contribution in [0.15, 0.2) is 61.0 Å². The van der Waals surface area contributed by atoms with Gasteiger partial charge in [-0.1, -0.05) is 53.3 Å². The Balaban J connectivity index is 1.90. The molecule has 35 heavy (non-hydrogen) atoms. The number of hydrogen-bond acceptors (Lipinski definition) is 8. The first-order chi connectivity index (χ1) is 16.7. The van der Waals surface area contributed by atoms with E-state index in [-0.39, 0.29) is 38.0 Å². The summed E-state index contributed by atoms with van der Waals surface area (Å²) in [4.78, 5) is 48.5. The lowest BCUT2D eigenvalue weighted by molar-refractivity contribution is -0.132. The van der Waals surface area contributed by atoms with Crippen molar-refractivity contribution in [3.63, 3.8) is 0 Å². The zero-order valence-electron chi connectivity index (χ0n) is 18.2. The maximum atomic E-state index is 13.2. The summed E-state index contributed by atoms with van der Waals surface area (Å²) in [6.07, 6.45) is 4.33. The summed E-state index contributed by atoms with van der Waals surface area (Å²) in [5.41, 5.74) is 0.871. The van der Waals surface area contributed by atoms with Crippen LogP contribution in [0.2, 0.25) is 10.0 Å². The van der Waals surface area contributed by atoms with Gasteiger partial charge in [0, 0.05) is 18.0 Å². The molecule has 1 unspecified atom stereocenters. The summed E-state index contributed by atoms with van der Waals surface area (Å²) < 4.78 is 5.10. The number of benzene rings is 1. The van der Waals surface area contributed by atoms with Gasteiger partial charge in [0.25, 0.3) is 5.78 Å². The molecule has 1 aliphatic rings. The first kappa shape index (κ1) is 24.6. The summed E-state index contributed by atoms with van der Waals surface area (Å²) in [6.45, 7) is 5.10. The number of ketones is 1. The van der Waals surface area contributed by atoms with E-state index in [1.54, 1.807) is 13.0 Å². The molecule has 0 radical (unpaired) electrons. The number of aromatic nitrogens is 2. The molecule has 1 fully saturated rings. The van der Waals surface area contributed by atoms with Crippen LogP contribution in [-0.2, 0) is 14.3 Å². The van der Waals surface area contributed by atoms with Crippen molar-refractivity contribution in [2.75, 3.05) is 11.5 Å². The number of aliphatic hydroxyl groups excluding tert-OH is 1. The van der Waals surface area contributed by atoms with Gasteiger partial charge >= 0.3 is 11.9 Å². The monoisotopic (exact) mass is 529 g/mol. The second-order valence-corrected chi connectivity index (χ2v) is 9.17. The van der Waals surface area contributed by atoms with Crippen molar-refractivity contribution in [3.8, 4) is 0 Å². The minimum absolute atomic E-state index is 0.00519. The van der Waals surface area contributed by atoms with E-state index in [2.05, 4.69) is 16.5 Å². The third-order valence-corrected chi connectivity index (χ3v) is 7.04. The smallest absolute Gasteiger partial charge is 0.350 e. The zero-order valence-corrected chi connectivity index (χ0v) is 20.5. The van der Waals surface area contributed by atoms with Crippen molar-refractivity contribution in [1.29, 1.82) is 0 Å². The number of esters is 1. The molecule has 11 heteroatoms. The Hall–Kier alpha value is -3.53. The highest BCUT2D eigenvalue weighted by Gasteiger charge is 2.48. The highest BCUT2D eigenvalue weighted by molar-refractivity contribution is 7.17. The molecule has 2 aromatic heterocycles. The molecule has 3 aromatic rings. The Morgan fingerprint density at radius 2 is 1.94 bits per heavy atom. The number of nitrogens with zero attached hydrogens (tertiary/aromatic N) is 3. The van der Waals surface area contributed by atoms with Crippen LogP contribution in [0.5, 0.6) is 0 Å². The van der Waals surface area contributed by atoms with Crippen molar-refractivity contribution in [1.82, 2.24) is 9.97 Å². The fraction of sp³-hybridized carbons (Fsp3) is 0.125. The van der Waals surface area contributed by atoms with Gasteiger partial charge in [0.05, 0.1) is 27.4 Å². The average molecular weight is 530 g/mol. The number of thiazole rings is 1. The molecule has 1 N–H and O–H groups in total. The Morgan fingerprint density at radius 1 is 1.23 bits per heavy atom. The second-order valence-electron chi connectivity index (χ2n) is 7.38. The van der Waals surface area contributed by atoms with E-state index < -0.39 is 23.7 Å². The first-order valence-electron chi connectivity index (χ1n) is 10.2. The molecule has 3 heterocycles. The summed E-state index contributed by atoms with van der Waals surface area (Å²) in [5, 5.41) is 11.6. The standard InChI is InChI=1S/C24H17Cl2N3O5S/c1-3-10-34-23(33)21-12(2)28-24(35-21)29-18(14-4-5-15(25)16(26)11-14)17(20(31)22(29)32)19(30)13-6-8-27-9-7-13/h3-9,11,18,30H,1,10H2,2H3. The summed E-state index contributed by atoms with van der Waals surface area (Å²) in [7, 11) is 0. The zero-order chi connectivity index (χ0) is 25.3. The van der Waals surface area contributed by atoms with Gasteiger partial charge in [0.15, 0.2) is 5.13 Å². The Kier molecular flexibility index (Phi) is 7.02. The number of halogens is 2. The van der Waals surface area contributed by atoms with Crippen molar-refractivity contribution in [3.05, 3.63) is 92.7 Å². The van der Waals surface area contributed by atoms with E-state index in [1.807, 2.05) is 0 Å². The fourth-order valence-electron chi connectivity index (χ4n) is 3.57. The molecule has 0 bridgehead atoms. The third kappa shape index (κ3) is 4.58. The molecule has 0 aliphatic carbocycles. The highest BCUT2D eigenvalue weighted by atomic mass is 35.5. The van der Waals surface area contributed by atoms with Gasteiger partial charge < -0.3 is 9.84 Å². The number of Topliss-reactive ketones (excluding diaryl/α,β-unsaturated/α-hetero) is 1. The Bertz CT molecular complexity index is 1390. The van der Waals surface area contributed by atoms with E-state index in [9.17, 15) is 19.5 Å². The van der Waals surface area contributed by atoms with Crippen LogP contribution in [0, 0.1) is 6.92 Å². The minimum Gasteiger partial charge on any atom is -0.507 e. The fourth-order valence-corrected chi connectivity index (χ4v) is 4.86. The van der Waals surface area contributed by atoms with Crippen molar-refractivity contribution in [2.24, 2.45) is 0 Å². The quantitative estimate of drug-likeness (QED) is 0.155. The van der Waals surface area contributed by atoms with E-state index in [4.69, 9.17) is 27.9 Å². The lowest BCUT2D eigenvalue weighted by Gasteiger charge is -2.23. The number of carbonyl (C=O) groups excluding carboxylic acids is 3. The topological polar surface area (TPSA) is 110 Å². The lowest BCUT2D eigenvalue weighted by atomic mass is 9.95. The number of carbonyl (C=O) groups is 3. The number of amides is 1. The maximum Gasteiger partial charge on any atom is 0.350 e. The van der Waals surface area contributed by atoms with Gasteiger partial charge in [-0.05, 0) is 36.8 Å². The number of ether oxygens (including phenoxy) is 1. The van der Waals surface area contributed by atoms with Crippen LogP contribution in [0.1, 0.15) is 32.5 Å². The molecule has 0 spiro atoms. The molecule has 0 saturated carbocycles. The van der Waals surface area contributed by atoms with Gasteiger partial charge in [-0.3, -0.25) is 19.5 Å². The normalized spacial score (nSPS) is 17.0. The van der Waals surface area contributed by atoms with Gasteiger partial charge in [-0.15, -0.1) is 0 Å². The van der Waals surface area contributed by atoms with Gasteiger partial charge in [0.2, 0.25) is 0 Å². The summed E-state index contributed by atoms with van der Waals surface area (Å²) in [5.74, 6) is -2.86. The SMILES string of the molecule is C=CCOC(=O)c1sc(N2C(=O)C(=O)C(=C(O)c3ccncc3)C2c2ccc(Cl)c(Cl)c2)nc1C. The first-order valence-corrected chi connectivity index (χ1v) is 11.7. The Labute approximate surface area is 214 Å². The number of anilines is 1. The molecule has 1 aliphatic heterocycles. The van der Waals surface area contributed by atoms with Crippen LogP contribution in [0.3, 0.4) is 0 Å². The van der Waals surface area contributed by atoms with Gasteiger partial charge in [-0.2, -0.15) is 0 Å². The Morgan fingerprint density at radius 3 is 2.60 bits per heavy atom. The van der Waals surface area contributed by atoms with E-state index in [0.29, 0.717) is 16.8 Å². The molecule has 1 atom stereocenters. The molecule has 8 nitrogen and oxygen atoms in total. The molecule has 178 valence electrons. The minimum atomic E-state index is -1.08. The number of rotatable bonds is 6. The van der Waals surface area contributed by atoms with Crippen molar-refractivity contribution >= 4 is 63.1 Å². The van der Waals surface area contributed by atoms with Crippen molar-refractivity contribution in [2.45, 2.75) is 13.0 Å². The van der Waals surface area contributed by atoms with E-state index in [1.165, 1.54) is 42.7 Å². The molecule has 1 amide bonds. The molecular weight excluding hydrogens is 513 g/mol. The van der Waals surface area contributed by atoms with Crippen LogP contribution in [0.4, 0.5) is 5.13 Å². The number of aliphatic hydroxyl groups is 1. The largest absolute Gasteiger partial charge is 0.507 e.